The number of carbonyl (C=O) groups is 1. The van der Waals surface area contributed by atoms with Crippen LogP contribution in [0.25, 0.3) is 11.4 Å². The zero-order chi connectivity index (χ0) is 32.2. The van der Waals surface area contributed by atoms with Crippen molar-refractivity contribution in [3.05, 3.63) is 71.6 Å². The zero-order valence-corrected chi connectivity index (χ0v) is 19.1. The minimum absolute atomic E-state index is 0.0482. The van der Waals surface area contributed by atoms with Crippen LogP contribution in [0.4, 0.5) is 0 Å². The van der Waals surface area contributed by atoms with E-state index in [2.05, 4.69) is 10.3 Å². The van der Waals surface area contributed by atoms with Crippen molar-refractivity contribution in [2.75, 3.05) is 26.4 Å². The Morgan fingerprint density at radius 3 is 2.39 bits per heavy atom. The topological polar surface area (TPSA) is 63.2 Å². The third kappa shape index (κ3) is 7.27. The maximum Gasteiger partial charge on any atom is 0.332 e. The molecule has 0 amide bonds. The Balaban J connectivity index is 2.04. The van der Waals surface area contributed by atoms with Crippen LogP contribution in [0.3, 0.4) is 0 Å². The van der Waals surface area contributed by atoms with E-state index in [0.29, 0.717) is 26.0 Å². The number of carbonyl (C=O) groups excluding carboxylic acids is 1. The molecule has 0 aliphatic carbocycles. The van der Waals surface area contributed by atoms with Gasteiger partial charge in [0, 0.05) is 31.0 Å². The third-order valence-corrected chi connectivity index (χ3v) is 4.86. The Morgan fingerprint density at radius 1 is 1.09 bits per heavy atom. The second kappa shape index (κ2) is 12.9. The van der Waals surface area contributed by atoms with Crippen molar-refractivity contribution in [2.24, 2.45) is 4.99 Å². The number of unbranched alkanes of at least 4 members (excludes halogenated alkanes) is 1. The van der Waals surface area contributed by atoms with Crippen LogP contribution >= 0.6 is 0 Å². The average molecular weight is 460 g/mol. The summed E-state index contributed by atoms with van der Waals surface area (Å²) in [5, 5.41) is 3.20. The summed E-state index contributed by atoms with van der Waals surface area (Å²) in [5.74, 6) is -0.434. The first-order chi connectivity index (χ1) is 20.2. The van der Waals surface area contributed by atoms with Gasteiger partial charge >= 0.3 is 5.97 Å². The predicted molar refractivity (Wildman–Crippen MR) is 134 cm³/mol. The van der Waals surface area contributed by atoms with Gasteiger partial charge < -0.3 is 14.8 Å². The quantitative estimate of drug-likeness (QED) is 0.372. The zero-order valence-electron chi connectivity index (χ0n) is 29.1. The van der Waals surface area contributed by atoms with Crippen molar-refractivity contribution >= 4 is 23.6 Å². The van der Waals surface area contributed by atoms with Gasteiger partial charge in [-0.15, -0.1) is 0 Å². The van der Waals surface area contributed by atoms with Crippen molar-refractivity contribution in [1.29, 1.82) is 0 Å². The van der Waals surface area contributed by atoms with Gasteiger partial charge in [-0.25, -0.2) is 4.79 Å². The van der Waals surface area contributed by atoms with Gasteiger partial charge in [-0.2, -0.15) is 0 Å². The fourth-order valence-electron chi connectivity index (χ4n) is 3.33. The molecule has 6 heteroatoms. The number of rotatable bonds is 12. The first kappa shape index (κ1) is 14.3. The molecule has 0 fully saturated rings. The molecule has 0 bridgehead atoms. The first-order valence-electron chi connectivity index (χ1n) is 15.9. The number of benzene rings is 2. The number of hydrogen-bond donors (Lipinski definition) is 1. The second-order valence-electron chi connectivity index (χ2n) is 7.49. The molecule has 0 spiro atoms. The van der Waals surface area contributed by atoms with E-state index in [1.807, 2.05) is 18.7 Å². The van der Waals surface area contributed by atoms with Crippen LogP contribution in [-0.2, 0) is 14.3 Å². The molecular weight excluding hydrogens is 414 g/mol. The van der Waals surface area contributed by atoms with Gasteiger partial charge in [0.05, 0.1) is 31.7 Å². The van der Waals surface area contributed by atoms with E-state index in [0.717, 1.165) is 0 Å². The molecule has 1 heterocycles. The van der Waals surface area contributed by atoms with Crippen LogP contribution in [0.5, 0.6) is 0 Å². The van der Waals surface area contributed by atoms with Gasteiger partial charge in [0.25, 0.3) is 0 Å². The smallest absolute Gasteiger partial charge is 0.332 e. The molecule has 6 nitrogen and oxygen atoms in total. The number of nitrogens with zero attached hydrogens (tertiary/aromatic N) is 2. The minimum Gasteiger partial charge on any atom is -0.464 e. The Labute approximate surface area is 211 Å². The van der Waals surface area contributed by atoms with Crippen molar-refractivity contribution in [3.63, 3.8) is 0 Å². The van der Waals surface area contributed by atoms with Gasteiger partial charge in [0.2, 0.25) is 0 Å². The lowest BCUT2D eigenvalue weighted by Crippen LogP contribution is -2.51. The van der Waals surface area contributed by atoms with Crippen LogP contribution in [0, 0.1) is 0 Å². The van der Waals surface area contributed by atoms with Crippen LogP contribution in [0.2, 0.25) is 0 Å². The number of hydrogen-bond acceptors (Lipinski definition) is 6. The molecule has 2 aromatic rings. The Bertz CT molecular complexity index is 1390. The van der Waals surface area contributed by atoms with Gasteiger partial charge in [-0.3, -0.25) is 9.89 Å². The minimum atomic E-state index is -0.637. The molecule has 176 valence electrons. The van der Waals surface area contributed by atoms with Gasteiger partial charge in [-0.05, 0) is 39.2 Å². The van der Waals surface area contributed by atoms with E-state index in [-0.39, 0.29) is 41.8 Å². The standard InChI is InChI=1S/C27H35N3O3/c1-4-33-25(31)20-32-18-12-11-17-30(21(2)3)24-19-28-26(22-13-7-5-8-14-22)27(29-24)23-15-9-6-10-16-23/h5-10,13-16,19,21,24,29H,4,11-12,17-18,20H2,1-3H3/i5D,6D,7D,8D,9D,10D,13D,14D,15D,16D. The molecule has 33 heavy (non-hydrogen) atoms. The predicted octanol–water partition coefficient (Wildman–Crippen LogP) is 4.58. The Morgan fingerprint density at radius 2 is 1.76 bits per heavy atom. The molecule has 2 aromatic carbocycles. The highest BCUT2D eigenvalue weighted by Crippen LogP contribution is 2.29. The fourth-order valence-corrected chi connectivity index (χ4v) is 3.33. The summed E-state index contributed by atoms with van der Waals surface area (Å²) in [5.41, 5.74) is -0.676. The summed E-state index contributed by atoms with van der Waals surface area (Å²) >= 11 is 0. The molecule has 3 rings (SSSR count). The maximum atomic E-state index is 11.5. The van der Waals surface area contributed by atoms with Crippen molar-refractivity contribution in [3.8, 4) is 0 Å². The lowest BCUT2D eigenvalue weighted by atomic mass is 10.0. The van der Waals surface area contributed by atoms with E-state index >= 15 is 0 Å². The molecule has 1 atom stereocenters. The summed E-state index contributed by atoms with van der Waals surface area (Å²) in [6, 6.07) is -5.69. The highest BCUT2D eigenvalue weighted by Gasteiger charge is 2.25. The maximum absolute atomic E-state index is 11.5. The van der Waals surface area contributed by atoms with Crippen LogP contribution in [0.1, 0.15) is 58.4 Å². The molecule has 1 unspecified atom stereocenters. The number of aliphatic imine (C=N–C) groups is 1. The molecule has 1 aliphatic rings. The van der Waals surface area contributed by atoms with E-state index in [1.165, 1.54) is 6.21 Å². The van der Waals surface area contributed by atoms with Gasteiger partial charge in [0.1, 0.15) is 12.8 Å². The van der Waals surface area contributed by atoms with E-state index in [9.17, 15) is 4.79 Å². The molecular formula is C27H35N3O3. The molecule has 0 saturated heterocycles. The summed E-state index contributed by atoms with van der Waals surface area (Å²) in [4.78, 5) is 18.0. The second-order valence-corrected chi connectivity index (χ2v) is 7.49. The molecule has 0 aromatic heterocycles. The third-order valence-electron chi connectivity index (χ3n) is 4.86. The summed E-state index contributed by atoms with van der Waals surface area (Å²) in [6.45, 7) is 6.62. The number of ether oxygens (including phenoxy) is 2. The molecule has 1 aliphatic heterocycles. The monoisotopic (exact) mass is 459 g/mol. The van der Waals surface area contributed by atoms with E-state index in [4.69, 9.17) is 23.2 Å². The number of nitrogens with one attached hydrogen (secondary N) is 1. The SMILES string of the molecule is [2H]c1c([2H])c([2H])c(C2=C(c3c([2H])c([2H])c([2H])c([2H])c3[2H])NC(N(CCCCOCC(=O)OCC)C(C)C)C=N2)c([2H])c1[2H]. The summed E-state index contributed by atoms with van der Waals surface area (Å²) in [7, 11) is 0. The highest BCUT2D eigenvalue weighted by molar-refractivity contribution is 5.96. The van der Waals surface area contributed by atoms with Gasteiger partial charge in [-0.1, -0.05) is 60.4 Å². The van der Waals surface area contributed by atoms with E-state index < -0.39 is 72.6 Å². The Hall–Kier alpha value is -2.96. The van der Waals surface area contributed by atoms with Crippen LogP contribution in [-0.4, -0.2) is 55.7 Å². The molecule has 0 saturated carbocycles. The summed E-state index contributed by atoms with van der Waals surface area (Å²) < 4.78 is 93.0. The van der Waals surface area contributed by atoms with Crippen molar-refractivity contribution in [1.82, 2.24) is 10.2 Å². The summed E-state index contributed by atoms with van der Waals surface area (Å²) in [6.07, 6.45) is 2.16. The highest BCUT2D eigenvalue weighted by atomic mass is 16.6. The van der Waals surface area contributed by atoms with E-state index in [1.54, 1.807) is 6.92 Å². The van der Waals surface area contributed by atoms with Crippen molar-refractivity contribution < 1.29 is 28.0 Å². The number of esters is 1. The normalized spacial score (nSPS) is 20.0. The first-order valence-corrected chi connectivity index (χ1v) is 10.9. The largest absolute Gasteiger partial charge is 0.464 e. The molecule has 0 radical (unpaired) electrons. The lowest BCUT2D eigenvalue weighted by Gasteiger charge is -2.36. The van der Waals surface area contributed by atoms with Crippen LogP contribution < -0.4 is 5.32 Å². The Kier molecular flexibility index (Phi) is 5.61. The lowest BCUT2D eigenvalue weighted by molar-refractivity contribution is -0.148. The average Bonchev–Trinajstić information content (AvgIpc) is 2.97. The fraction of sp³-hybridized carbons (Fsp3) is 0.407. The van der Waals surface area contributed by atoms with Crippen molar-refractivity contribution in [2.45, 2.75) is 45.8 Å². The van der Waals surface area contributed by atoms with Crippen LogP contribution in [0.15, 0.2) is 65.4 Å². The molecule has 1 N–H and O–H groups in total. The van der Waals surface area contributed by atoms with Gasteiger partial charge in [0.15, 0.2) is 0 Å².